The number of morpholine rings is 1. The Morgan fingerprint density at radius 3 is 2.45 bits per heavy atom. The summed E-state index contributed by atoms with van der Waals surface area (Å²) in [6.45, 7) is 5.17. The van der Waals surface area contributed by atoms with Gasteiger partial charge in [0.2, 0.25) is 5.75 Å². The zero-order valence-corrected chi connectivity index (χ0v) is 13.5. The smallest absolute Gasteiger partial charge is 0.203 e. The van der Waals surface area contributed by atoms with E-state index in [2.05, 4.69) is 16.3 Å². The number of hydrogen-bond acceptors (Lipinski definition) is 6. The average Bonchev–Trinajstić information content (AvgIpc) is 2.60. The highest BCUT2D eigenvalue weighted by atomic mass is 16.5. The number of rotatable bonds is 4. The molecule has 0 spiro atoms. The molecule has 1 saturated heterocycles. The van der Waals surface area contributed by atoms with Crippen molar-refractivity contribution >= 4 is 0 Å². The number of nitrogens with one attached hydrogen (secondary N) is 1. The van der Waals surface area contributed by atoms with Crippen molar-refractivity contribution in [3.05, 3.63) is 17.2 Å². The van der Waals surface area contributed by atoms with E-state index < -0.39 is 0 Å². The molecule has 3 rings (SSSR count). The molecule has 0 aliphatic carbocycles. The number of benzene rings is 1. The lowest BCUT2D eigenvalue weighted by Gasteiger charge is -2.39. The zero-order chi connectivity index (χ0) is 15.5. The second-order valence-electron chi connectivity index (χ2n) is 5.51. The summed E-state index contributed by atoms with van der Waals surface area (Å²) in [5.41, 5.74) is 2.41. The fourth-order valence-corrected chi connectivity index (χ4v) is 3.37. The molecule has 22 heavy (non-hydrogen) atoms. The lowest BCUT2D eigenvalue weighted by molar-refractivity contribution is 0.0144. The molecule has 0 saturated carbocycles. The van der Waals surface area contributed by atoms with Crippen LogP contribution in [0, 0.1) is 0 Å². The van der Waals surface area contributed by atoms with Crippen molar-refractivity contribution in [3.63, 3.8) is 0 Å². The van der Waals surface area contributed by atoms with Crippen LogP contribution in [0.3, 0.4) is 0 Å². The average molecular weight is 308 g/mol. The topological polar surface area (TPSA) is 52.2 Å². The normalized spacial score (nSPS) is 22.0. The van der Waals surface area contributed by atoms with Crippen LogP contribution >= 0.6 is 0 Å². The molecular weight excluding hydrogens is 284 g/mol. The van der Waals surface area contributed by atoms with Gasteiger partial charge in [0.15, 0.2) is 11.5 Å². The van der Waals surface area contributed by atoms with Crippen LogP contribution in [-0.4, -0.2) is 59.1 Å². The van der Waals surface area contributed by atoms with Crippen LogP contribution < -0.4 is 19.5 Å². The lowest BCUT2D eigenvalue weighted by atomic mass is 9.93. The fraction of sp³-hybridized carbons (Fsp3) is 0.625. The molecule has 0 aromatic heterocycles. The van der Waals surface area contributed by atoms with E-state index in [0.29, 0.717) is 11.8 Å². The molecule has 1 aromatic carbocycles. The second-order valence-corrected chi connectivity index (χ2v) is 5.51. The third-order valence-electron chi connectivity index (χ3n) is 4.45. The molecule has 6 nitrogen and oxygen atoms in total. The number of ether oxygens (including phenoxy) is 4. The van der Waals surface area contributed by atoms with Gasteiger partial charge in [0.25, 0.3) is 0 Å². The molecule has 2 heterocycles. The fourth-order valence-electron chi connectivity index (χ4n) is 3.37. The molecule has 1 fully saturated rings. The van der Waals surface area contributed by atoms with Crippen molar-refractivity contribution in [2.24, 2.45) is 0 Å². The first-order valence-corrected chi connectivity index (χ1v) is 7.64. The van der Waals surface area contributed by atoms with Crippen LogP contribution in [0.25, 0.3) is 0 Å². The number of fused-ring (bicyclic) bond motifs is 1. The molecule has 0 radical (unpaired) electrons. The Labute approximate surface area is 131 Å². The van der Waals surface area contributed by atoms with Gasteiger partial charge < -0.3 is 24.3 Å². The van der Waals surface area contributed by atoms with E-state index in [1.807, 2.05) is 0 Å². The van der Waals surface area contributed by atoms with Crippen molar-refractivity contribution in [2.45, 2.75) is 12.6 Å². The minimum atomic E-state index is 0.307. The van der Waals surface area contributed by atoms with Crippen LogP contribution in [0.15, 0.2) is 6.07 Å². The first kappa shape index (κ1) is 15.4. The second kappa shape index (κ2) is 6.73. The largest absolute Gasteiger partial charge is 0.493 e. The summed E-state index contributed by atoms with van der Waals surface area (Å²) in [6, 6.07) is 2.40. The van der Waals surface area contributed by atoms with Crippen molar-refractivity contribution in [2.75, 3.05) is 54.2 Å². The molecule has 0 bridgehead atoms. The Balaban J connectivity index is 2.05. The molecule has 2 aliphatic rings. The van der Waals surface area contributed by atoms with Gasteiger partial charge in [-0.1, -0.05) is 0 Å². The number of hydrogen-bond donors (Lipinski definition) is 1. The summed E-state index contributed by atoms with van der Waals surface area (Å²) in [7, 11) is 4.98. The molecular formula is C16H24N2O4. The highest BCUT2D eigenvalue weighted by Gasteiger charge is 2.31. The maximum atomic E-state index is 5.62. The Bertz CT molecular complexity index is 529. The maximum absolute atomic E-state index is 5.62. The van der Waals surface area contributed by atoms with E-state index in [1.54, 1.807) is 21.3 Å². The van der Waals surface area contributed by atoms with Gasteiger partial charge >= 0.3 is 0 Å². The van der Waals surface area contributed by atoms with E-state index in [-0.39, 0.29) is 0 Å². The van der Waals surface area contributed by atoms with E-state index in [1.165, 1.54) is 5.56 Å². The SMILES string of the molecule is COc1cc2c(c(OC)c1OC)CNC[C@@H]2N1CCOCC1. The van der Waals surface area contributed by atoms with Gasteiger partial charge in [0.1, 0.15) is 0 Å². The Kier molecular flexibility index (Phi) is 4.71. The molecule has 1 aromatic rings. The monoisotopic (exact) mass is 308 g/mol. The van der Waals surface area contributed by atoms with Gasteiger partial charge in [0.05, 0.1) is 34.5 Å². The van der Waals surface area contributed by atoms with Gasteiger partial charge in [-0.3, -0.25) is 4.90 Å². The Morgan fingerprint density at radius 1 is 1.09 bits per heavy atom. The number of methoxy groups -OCH3 is 3. The highest BCUT2D eigenvalue weighted by molar-refractivity contribution is 5.60. The van der Waals surface area contributed by atoms with Crippen molar-refractivity contribution in [3.8, 4) is 17.2 Å². The van der Waals surface area contributed by atoms with Crippen LogP contribution in [0.5, 0.6) is 17.2 Å². The van der Waals surface area contributed by atoms with Gasteiger partial charge in [-0.05, 0) is 11.6 Å². The minimum Gasteiger partial charge on any atom is -0.493 e. The van der Waals surface area contributed by atoms with E-state index in [9.17, 15) is 0 Å². The van der Waals surface area contributed by atoms with Crippen LogP contribution in [0.4, 0.5) is 0 Å². The van der Waals surface area contributed by atoms with Crippen molar-refractivity contribution < 1.29 is 18.9 Å². The number of nitrogens with zero attached hydrogens (tertiary/aromatic N) is 1. The van der Waals surface area contributed by atoms with Crippen molar-refractivity contribution in [1.82, 2.24) is 10.2 Å². The predicted molar refractivity (Wildman–Crippen MR) is 82.9 cm³/mol. The van der Waals surface area contributed by atoms with Gasteiger partial charge in [-0.25, -0.2) is 0 Å². The summed E-state index contributed by atoms with van der Waals surface area (Å²) in [5, 5.41) is 3.49. The summed E-state index contributed by atoms with van der Waals surface area (Å²) >= 11 is 0. The summed E-state index contributed by atoms with van der Waals surface area (Å²) < 4.78 is 22.1. The van der Waals surface area contributed by atoms with Crippen LogP contribution in [0.1, 0.15) is 17.2 Å². The maximum Gasteiger partial charge on any atom is 0.203 e. The molecule has 1 atom stereocenters. The first-order chi connectivity index (χ1) is 10.8. The predicted octanol–water partition coefficient (Wildman–Crippen LogP) is 1.19. The Morgan fingerprint density at radius 2 is 1.82 bits per heavy atom. The van der Waals surface area contributed by atoms with E-state index in [4.69, 9.17) is 18.9 Å². The molecule has 0 unspecified atom stereocenters. The van der Waals surface area contributed by atoms with Crippen LogP contribution in [-0.2, 0) is 11.3 Å². The molecule has 6 heteroatoms. The van der Waals surface area contributed by atoms with Gasteiger partial charge in [0, 0.05) is 37.8 Å². The minimum absolute atomic E-state index is 0.307. The summed E-state index contributed by atoms with van der Waals surface area (Å²) in [4.78, 5) is 2.46. The molecule has 1 N–H and O–H groups in total. The lowest BCUT2D eigenvalue weighted by Crippen LogP contribution is -2.45. The Hall–Kier alpha value is -1.50. The highest BCUT2D eigenvalue weighted by Crippen LogP contribution is 2.45. The molecule has 122 valence electrons. The third kappa shape index (κ3) is 2.62. The van der Waals surface area contributed by atoms with Crippen LogP contribution in [0.2, 0.25) is 0 Å². The van der Waals surface area contributed by atoms with Gasteiger partial charge in [-0.2, -0.15) is 0 Å². The molecule has 2 aliphatic heterocycles. The van der Waals surface area contributed by atoms with E-state index >= 15 is 0 Å². The zero-order valence-electron chi connectivity index (χ0n) is 13.5. The first-order valence-electron chi connectivity index (χ1n) is 7.64. The van der Waals surface area contributed by atoms with Crippen molar-refractivity contribution in [1.29, 1.82) is 0 Å². The third-order valence-corrected chi connectivity index (χ3v) is 4.45. The van der Waals surface area contributed by atoms with E-state index in [0.717, 1.165) is 56.5 Å². The quantitative estimate of drug-likeness (QED) is 0.902. The summed E-state index contributed by atoms with van der Waals surface area (Å²) in [5.74, 6) is 2.15. The molecule has 0 amide bonds. The van der Waals surface area contributed by atoms with Gasteiger partial charge in [-0.15, -0.1) is 0 Å². The summed E-state index contributed by atoms with van der Waals surface area (Å²) in [6.07, 6.45) is 0. The standard InChI is InChI=1S/C16H24N2O4/c1-19-14-8-11-12(15(20-2)16(14)21-3)9-17-10-13(11)18-4-6-22-7-5-18/h8,13,17H,4-7,9-10H2,1-3H3/t13-/m0/s1.